The van der Waals surface area contributed by atoms with Crippen molar-refractivity contribution >= 4 is 5.91 Å². The number of carbonyl (C=O) groups excluding carboxylic acids is 1. The average Bonchev–Trinajstić information content (AvgIpc) is 2.28. The molecule has 1 amide bonds. The van der Waals surface area contributed by atoms with Gasteiger partial charge in [-0.2, -0.15) is 0 Å². The van der Waals surface area contributed by atoms with Crippen LogP contribution >= 0.6 is 0 Å². The van der Waals surface area contributed by atoms with Crippen LogP contribution < -0.4 is 5.32 Å². The van der Waals surface area contributed by atoms with E-state index in [9.17, 15) is 4.79 Å². The van der Waals surface area contributed by atoms with Gasteiger partial charge in [0.1, 0.15) is 0 Å². The predicted molar refractivity (Wildman–Crippen MR) is 63.6 cm³/mol. The first-order chi connectivity index (χ1) is 7.33. The molecule has 84 valence electrons. The third-order valence-electron chi connectivity index (χ3n) is 2.60. The van der Waals surface area contributed by atoms with Gasteiger partial charge in [0.15, 0.2) is 0 Å². The van der Waals surface area contributed by atoms with Crippen molar-refractivity contribution in [3.8, 4) is 0 Å². The molecule has 0 aromatic rings. The Morgan fingerprint density at radius 1 is 1.53 bits per heavy atom. The van der Waals surface area contributed by atoms with Gasteiger partial charge in [-0.15, -0.1) is 0 Å². The number of hydrogen-bond donors (Lipinski definition) is 1. The maximum Gasteiger partial charge on any atom is 0.243 e. The zero-order valence-corrected chi connectivity index (χ0v) is 9.59. The van der Waals surface area contributed by atoms with E-state index in [2.05, 4.69) is 18.3 Å². The molecule has 0 radical (unpaired) electrons. The Balaban J connectivity index is 2.23. The summed E-state index contributed by atoms with van der Waals surface area (Å²) >= 11 is 0. The summed E-state index contributed by atoms with van der Waals surface area (Å²) in [5.74, 6) is 0.0370. The molecule has 0 atom stereocenters. The number of unbranched alkanes of at least 4 members (excludes halogenated alkanes) is 1. The van der Waals surface area contributed by atoms with Crippen LogP contribution in [0.2, 0.25) is 0 Å². The van der Waals surface area contributed by atoms with Crippen molar-refractivity contribution in [1.82, 2.24) is 5.32 Å². The minimum Gasteiger partial charge on any atom is -0.353 e. The maximum absolute atomic E-state index is 11.3. The number of allylic oxidation sites excluding steroid dienone is 3. The van der Waals surface area contributed by atoms with Crippen LogP contribution in [0.3, 0.4) is 0 Å². The Labute approximate surface area is 92.4 Å². The van der Waals surface area contributed by atoms with Crippen LogP contribution in [0.15, 0.2) is 23.8 Å². The summed E-state index contributed by atoms with van der Waals surface area (Å²) in [6.45, 7) is 2.91. The Morgan fingerprint density at radius 2 is 2.40 bits per heavy atom. The fraction of sp³-hybridized carbons (Fsp3) is 0.615. The molecule has 0 fully saturated rings. The molecule has 2 nitrogen and oxygen atoms in total. The van der Waals surface area contributed by atoms with E-state index in [-0.39, 0.29) is 5.91 Å². The van der Waals surface area contributed by atoms with Crippen molar-refractivity contribution in [1.29, 1.82) is 0 Å². The number of rotatable bonds is 5. The molecule has 0 heterocycles. The molecule has 0 aromatic heterocycles. The fourth-order valence-corrected chi connectivity index (χ4v) is 1.64. The summed E-state index contributed by atoms with van der Waals surface area (Å²) in [6, 6.07) is 0. The topological polar surface area (TPSA) is 29.1 Å². The molecule has 1 aliphatic rings. The standard InChI is InChI=1S/C13H21NO/c1-2-3-11-14-13(15)10-9-12-7-5-4-6-8-12/h7,9-10H,2-6,8,11H2,1H3,(H,14,15)/b10-9+. The van der Waals surface area contributed by atoms with Crippen LogP contribution in [0.4, 0.5) is 0 Å². The Kier molecular flexibility index (Phi) is 5.83. The van der Waals surface area contributed by atoms with Gasteiger partial charge < -0.3 is 5.32 Å². The lowest BCUT2D eigenvalue weighted by Gasteiger charge is -2.07. The zero-order valence-electron chi connectivity index (χ0n) is 9.59. The van der Waals surface area contributed by atoms with Gasteiger partial charge in [0.05, 0.1) is 0 Å². The largest absolute Gasteiger partial charge is 0.353 e. The third-order valence-corrected chi connectivity index (χ3v) is 2.60. The summed E-state index contributed by atoms with van der Waals surface area (Å²) in [6.07, 6.45) is 12.9. The minimum absolute atomic E-state index is 0.0370. The molecule has 2 heteroatoms. The summed E-state index contributed by atoms with van der Waals surface area (Å²) < 4.78 is 0. The highest BCUT2D eigenvalue weighted by Crippen LogP contribution is 2.17. The summed E-state index contributed by atoms with van der Waals surface area (Å²) in [4.78, 5) is 11.3. The van der Waals surface area contributed by atoms with Crippen LogP contribution in [0, 0.1) is 0 Å². The second-order valence-corrected chi connectivity index (χ2v) is 4.00. The summed E-state index contributed by atoms with van der Waals surface area (Å²) in [5.41, 5.74) is 1.31. The number of carbonyl (C=O) groups is 1. The highest BCUT2D eigenvalue weighted by Gasteiger charge is 2.00. The van der Waals surface area contributed by atoms with Crippen molar-refractivity contribution in [3.63, 3.8) is 0 Å². The van der Waals surface area contributed by atoms with E-state index in [1.54, 1.807) is 6.08 Å². The Bertz CT molecular complexity index is 253. The number of amides is 1. The van der Waals surface area contributed by atoms with Gasteiger partial charge in [-0.05, 0) is 32.1 Å². The van der Waals surface area contributed by atoms with Gasteiger partial charge >= 0.3 is 0 Å². The van der Waals surface area contributed by atoms with Gasteiger partial charge in [-0.25, -0.2) is 0 Å². The lowest BCUT2D eigenvalue weighted by atomic mass is 9.99. The van der Waals surface area contributed by atoms with Crippen molar-refractivity contribution in [2.24, 2.45) is 0 Å². The highest BCUT2D eigenvalue weighted by atomic mass is 16.1. The van der Waals surface area contributed by atoms with Gasteiger partial charge in [0.25, 0.3) is 0 Å². The van der Waals surface area contributed by atoms with E-state index < -0.39 is 0 Å². The molecule has 0 saturated heterocycles. The fourth-order valence-electron chi connectivity index (χ4n) is 1.64. The lowest BCUT2D eigenvalue weighted by Crippen LogP contribution is -2.21. The number of hydrogen-bond acceptors (Lipinski definition) is 1. The normalized spacial score (nSPS) is 16.5. The van der Waals surface area contributed by atoms with Gasteiger partial charge in [-0.3, -0.25) is 4.79 Å². The van der Waals surface area contributed by atoms with E-state index in [4.69, 9.17) is 0 Å². The molecule has 15 heavy (non-hydrogen) atoms. The van der Waals surface area contributed by atoms with E-state index in [1.165, 1.54) is 18.4 Å². The second kappa shape index (κ2) is 7.27. The maximum atomic E-state index is 11.3. The molecule has 1 N–H and O–H groups in total. The number of nitrogens with one attached hydrogen (secondary N) is 1. The van der Waals surface area contributed by atoms with E-state index in [0.717, 1.165) is 32.2 Å². The van der Waals surface area contributed by atoms with E-state index in [1.807, 2.05) is 6.08 Å². The molecule has 0 bridgehead atoms. The van der Waals surface area contributed by atoms with Gasteiger partial charge in [0, 0.05) is 12.6 Å². The van der Waals surface area contributed by atoms with Crippen molar-refractivity contribution < 1.29 is 4.79 Å². The van der Waals surface area contributed by atoms with Gasteiger partial charge in [-0.1, -0.05) is 31.1 Å². The van der Waals surface area contributed by atoms with E-state index in [0.29, 0.717) is 0 Å². The molecule has 0 unspecified atom stereocenters. The third kappa shape index (κ3) is 5.40. The molecule has 1 rings (SSSR count). The van der Waals surface area contributed by atoms with Gasteiger partial charge in [0.2, 0.25) is 5.91 Å². The molecule has 0 spiro atoms. The smallest absolute Gasteiger partial charge is 0.243 e. The van der Waals surface area contributed by atoms with Crippen molar-refractivity contribution in [2.75, 3.05) is 6.54 Å². The summed E-state index contributed by atoms with van der Waals surface area (Å²) in [5, 5.41) is 2.87. The highest BCUT2D eigenvalue weighted by molar-refractivity contribution is 5.87. The second-order valence-electron chi connectivity index (χ2n) is 4.00. The van der Waals surface area contributed by atoms with Crippen LogP contribution in [0.1, 0.15) is 45.4 Å². The molecule has 1 aliphatic carbocycles. The first-order valence-electron chi connectivity index (χ1n) is 5.98. The molecular formula is C13H21NO. The lowest BCUT2D eigenvalue weighted by molar-refractivity contribution is -0.116. The summed E-state index contributed by atoms with van der Waals surface area (Å²) in [7, 11) is 0. The van der Waals surface area contributed by atoms with Crippen molar-refractivity contribution in [2.45, 2.75) is 45.4 Å². The first kappa shape index (κ1) is 12.0. The Hall–Kier alpha value is -1.05. The van der Waals surface area contributed by atoms with Crippen LogP contribution in [0.5, 0.6) is 0 Å². The quantitative estimate of drug-likeness (QED) is 0.545. The molecule has 0 saturated carbocycles. The molecule has 0 aliphatic heterocycles. The SMILES string of the molecule is CCCCNC(=O)/C=C/C1=CCCCC1. The molecular weight excluding hydrogens is 186 g/mol. The Morgan fingerprint density at radius 3 is 3.07 bits per heavy atom. The van der Waals surface area contributed by atoms with Crippen LogP contribution in [-0.4, -0.2) is 12.5 Å². The van der Waals surface area contributed by atoms with Crippen molar-refractivity contribution in [3.05, 3.63) is 23.8 Å². The first-order valence-corrected chi connectivity index (χ1v) is 5.98. The predicted octanol–water partition coefficient (Wildman–Crippen LogP) is 2.96. The van der Waals surface area contributed by atoms with Crippen LogP contribution in [0.25, 0.3) is 0 Å². The van der Waals surface area contributed by atoms with Crippen LogP contribution in [-0.2, 0) is 4.79 Å². The van der Waals surface area contributed by atoms with E-state index >= 15 is 0 Å². The average molecular weight is 207 g/mol. The molecule has 0 aromatic carbocycles. The monoisotopic (exact) mass is 207 g/mol. The minimum atomic E-state index is 0.0370. The zero-order chi connectivity index (χ0) is 10.9.